The Bertz CT molecular complexity index is 529. The summed E-state index contributed by atoms with van der Waals surface area (Å²) in [7, 11) is 0. The summed E-state index contributed by atoms with van der Waals surface area (Å²) < 4.78 is 37.6. The summed E-state index contributed by atoms with van der Waals surface area (Å²) in [5, 5.41) is 0. The molecule has 4 nitrogen and oxygen atoms in total. The first-order valence-corrected chi connectivity index (χ1v) is 6.93. The van der Waals surface area contributed by atoms with Gasteiger partial charge < -0.3 is 9.80 Å². The van der Waals surface area contributed by atoms with Crippen molar-refractivity contribution in [2.24, 2.45) is 0 Å². The lowest BCUT2D eigenvalue weighted by atomic mass is 10.2. The van der Waals surface area contributed by atoms with Crippen molar-refractivity contribution in [1.29, 1.82) is 0 Å². The van der Waals surface area contributed by atoms with Gasteiger partial charge >= 0.3 is 6.18 Å². The van der Waals surface area contributed by atoms with Crippen LogP contribution in [-0.2, 0) is 11.0 Å². The van der Waals surface area contributed by atoms with Crippen LogP contribution in [0.4, 0.5) is 19.0 Å². The Labute approximate surface area is 120 Å². The van der Waals surface area contributed by atoms with Crippen LogP contribution in [0.5, 0.6) is 0 Å². The minimum absolute atomic E-state index is 0.0718. The van der Waals surface area contributed by atoms with Crippen LogP contribution < -0.4 is 4.90 Å². The molecule has 21 heavy (non-hydrogen) atoms. The van der Waals surface area contributed by atoms with Gasteiger partial charge in [-0.15, -0.1) is 0 Å². The molecule has 0 aromatic carbocycles. The Morgan fingerprint density at radius 2 is 1.86 bits per heavy atom. The molecule has 7 heteroatoms. The predicted molar refractivity (Wildman–Crippen MR) is 70.8 cm³/mol. The Kier molecular flexibility index (Phi) is 3.30. The summed E-state index contributed by atoms with van der Waals surface area (Å²) in [5.41, 5.74) is -0.739. The second-order valence-electron chi connectivity index (χ2n) is 5.62. The summed E-state index contributed by atoms with van der Waals surface area (Å²) >= 11 is 0. The molecule has 114 valence electrons. The van der Waals surface area contributed by atoms with Gasteiger partial charge in [-0.2, -0.15) is 13.2 Å². The quantitative estimate of drug-likeness (QED) is 0.798. The standard InChI is InChI=1S/C14H16F3N3O/c1-9(21)20-11-3-4-12(20)8-19(7-11)13-5-2-10(6-18-13)14(15,16)17/h2,5-6,11-12H,3-4,7-8H2,1H3. The van der Waals surface area contributed by atoms with Crippen LogP contribution >= 0.6 is 0 Å². The third kappa shape index (κ3) is 2.56. The van der Waals surface area contributed by atoms with Gasteiger partial charge in [0.1, 0.15) is 5.82 Å². The Morgan fingerprint density at radius 3 is 2.29 bits per heavy atom. The number of pyridine rings is 1. The van der Waals surface area contributed by atoms with E-state index >= 15 is 0 Å². The highest BCUT2D eigenvalue weighted by Crippen LogP contribution is 2.33. The van der Waals surface area contributed by atoms with Gasteiger partial charge in [0.15, 0.2) is 0 Å². The molecule has 0 radical (unpaired) electrons. The van der Waals surface area contributed by atoms with Crippen molar-refractivity contribution >= 4 is 11.7 Å². The zero-order chi connectivity index (χ0) is 15.2. The number of amides is 1. The van der Waals surface area contributed by atoms with Crippen LogP contribution in [0, 0.1) is 0 Å². The number of carbonyl (C=O) groups is 1. The molecule has 0 aliphatic carbocycles. The molecule has 0 saturated carbocycles. The van der Waals surface area contributed by atoms with E-state index in [1.165, 1.54) is 6.07 Å². The number of anilines is 1. The molecule has 1 aromatic rings. The van der Waals surface area contributed by atoms with E-state index in [1.54, 1.807) is 6.92 Å². The number of aromatic nitrogens is 1. The number of alkyl halides is 3. The number of nitrogens with zero attached hydrogens (tertiary/aromatic N) is 3. The molecule has 2 atom stereocenters. The van der Waals surface area contributed by atoms with Crippen LogP contribution in [0.1, 0.15) is 25.3 Å². The van der Waals surface area contributed by atoms with Crippen molar-refractivity contribution in [2.75, 3.05) is 18.0 Å². The van der Waals surface area contributed by atoms with Gasteiger partial charge in [-0.05, 0) is 25.0 Å². The number of carbonyl (C=O) groups excluding carboxylic acids is 1. The van der Waals surface area contributed by atoms with Crippen molar-refractivity contribution in [3.05, 3.63) is 23.9 Å². The normalized spacial score (nSPS) is 25.3. The SMILES string of the molecule is CC(=O)N1C2CCC1CN(c1ccc(C(F)(F)F)cn1)C2. The monoisotopic (exact) mass is 299 g/mol. The zero-order valence-electron chi connectivity index (χ0n) is 11.6. The van der Waals surface area contributed by atoms with Crippen LogP contribution in [0.15, 0.2) is 18.3 Å². The van der Waals surface area contributed by atoms with Gasteiger partial charge in [-0.25, -0.2) is 4.98 Å². The second-order valence-corrected chi connectivity index (χ2v) is 5.62. The molecule has 2 aliphatic rings. The van der Waals surface area contributed by atoms with Gasteiger partial charge in [0.2, 0.25) is 5.91 Å². The lowest BCUT2D eigenvalue weighted by Crippen LogP contribution is -2.55. The summed E-state index contributed by atoms with van der Waals surface area (Å²) in [4.78, 5) is 19.4. The minimum atomic E-state index is -4.36. The first kappa shape index (κ1) is 14.2. The topological polar surface area (TPSA) is 36.4 Å². The Morgan fingerprint density at radius 1 is 1.24 bits per heavy atom. The third-order valence-corrected chi connectivity index (χ3v) is 4.24. The van der Waals surface area contributed by atoms with Gasteiger partial charge in [-0.3, -0.25) is 4.79 Å². The fourth-order valence-electron chi connectivity index (χ4n) is 3.35. The zero-order valence-corrected chi connectivity index (χ0v) is 11.6. The average Bonchev–Trinajstić information content (AvgIpc) is 2.69. The van der Waals surface area contributed by atoms with E-state index in [9.17, 15) is 18.0 Å². The number of rotatable bonds is 1. The largest absolute Gasteiger partial charge is 0.417 e. The van der Waals surface area contributed by atoms with Crippen molar-refractivity contribution in [1.82, 2.24) is 9.88 Å². The predicted octanol–water partition coefficient (Wildman–Crippen LogP) is 2.30. The Balaban J connectivity index is 1.76. The number of fused-ring (bicyclic) bond motifs is 2. The van der Waals surface area contributed by atoms with Gasteiger partial charge in [0, 0.05) is 38.3 Å². The molecule has 1 amide bonds. The van der Waals surface area contributed by atoms with Crippen LogP contribution in [0.3, 0.4) is 0 Å². The van der Waals surface area contributed by atoms with Gasteiger partial charge in [-0.1, -0.05) is 0 Å². The van der Waals surface area contributed by atoms with Crippen molar-refractivity contribution in [3.63, 3.8) is 0 Å². The highest BCUT2D eigenvalue weighted by Gasteiger charge is 2.41. The summed E-state index contributed by atoms with van der Waals surface area (Å²) in [5.74, 6) is 0.616. The van der Waals surface area contributed by atoms with Gasteiger partial charge in [0.25, 0.3) is 0 Å². The minimum Gasteiger partial charge on any atom is -0.352 e. The average molecular weight is 299 g/mol. The van der Waals surface area contributed by atoms with Crippen molar-refractivity contribution in [2.45, 2.75) is 38.0 Å². The van der Waals surface area contributed by atoms with Crippen molar-refractivity contribution < 1.29 is 18.0 Å². The van der Waals surface area contributed by atoms with E-state index < -0.39 is 11.7 Å². The number of hydrogen-bond donors (Lipinski definition) is 0. The maximum atomic E-state index is 12.5. The van der Waals surface area contributed by atoms with Gasteiger partial charge in [0.05, 0.1) is 5.56 Å². The highest BCUT2D eigenvalue weighted by atomic mass is 19.4. The maximum absolute atomic E-state index is 12.5. The summed E-state index contributed by atoms with van der Waals surface area (Å²) in [6, 6.07) is 2.75. The van der Waals surface area contributed by atoms with Crippen LogP contribution in [-0.4, -0.2) is 41.0 Å². The number of piperazine rings is 1. The summed E-state index contributed by atoms with van der Waals surface area (Å²) in [6.07, 6.45) is -1.60. The van der Waals surface area contributed by atoms with Crippen LogP contribution in [0.2, 0.25) is 0 Å². The molecule has 1 aromatic heterocycles. The molecule has 0 spiro atoms. The molecule has 2 unspecified atom stereocenters. The number of hydrogen-bond acceptors (Lipinski definition) is 3. The molecular weight excluding hydrogens is 283 g/mol. The molecule has 3 heterocycles. The fourth-order valence-corrected chi connectivity index (χ4v) is 3.35. The van der Waals surface area contributed by atoms with Crippen LogP contribution in [0.25, 0.3) is 0 Å². The Hall–Kier alpha value is -1.79. The molecule has 2 aliphatic heterocycles. The third-order valence-electron chi connectivity index (χ3n) is 4.24. The van der Waals surface area contributed by atoms with E-state index in [4.69, 9.17) is 0 Å². The molecule has 2 bridgehead atoms. The highest BCUT2D eigenvalue weighted by molar-refractivity contribution is 5.75. The maximum Gasteiger partial charge on any atom is 0.417 e. The van der Waals surface area contributed by atoms with E-state index in [0.717, 1.165) is 25.1 Å². The van der Waals surface area contributed by atoms with E-state index in [1.807, 2.05) is 9.80 Å². The van der Waals surface area contributed by atoms with E-state index in [-0.39, 0.29) is 18.0 Å². The van der Waals surface area contributed by atoms with E-state index in [0.29, 0.717) is 18.9 Å². The first-order valence-electron chi connectivity index (χ1n) is 6.93. The second kappa shape index (κ2) is 4.89. The lowest BCUT2D eigenvalue weighted by Gasteiger charge is -2.41. The fraction of sp³-hybridized carbons (Fsp3) is 0.571. The van der Waals surface area contributed by atoms with Crippen molar-refractivity contribution in [3.8, 4) is 0 Å². The lowest BCUT2D eigenvalue weighted by molar-refractivity contribution is -0.138. The molecular formula is C14H16F3N3O. The molecule has 2 saturated heterocycles. The molecule has 2 fully saturated rings. The van der Waals surface area contributed by atoms with E-state index in [2.05, 4.69) is 4.98 Å². The number of halogens is 3. The smallest absolute Gasteiger partial charge is 0.352 e. The summed E-state index contributed by atoms with van der Waals surface area (Å²) in [6.45, 7) is 2.83. The molecule has 0 N–H and O–H groups in total. The molecule has 3 rings (SSSR count). The first-order chi connectivity index (χ1) is 9.86.